The van der Waals surface area contributed by atoms with Gasteiger partial charge in [0, 0.05) is 18.0 Å². The Morgan fingerprint density at radius 1 is 0.944 bits per heavy atom. The number of nitrogens with one attached hydrogen (secondary N) is 1. The summed E-state index contributed by atoms with van der Waals surface area (Å²) in [5, 5.41) is 19.2. The third kappa shape index (κ3) is 5.68. The van der Waals surface area contributed by atoms with Gasteiger partial charge in [-0.15, -0.1) is 10.2 Å². The highest BCUT2D eigenvalue weighted by molar-refractivity contribution is 5.80. The molecule has 0 aliphatic heterocycles. The van der Waals surface area contributed by atoms with Gasteiger partial charge in [0.15, 0.2) is 5.82 Å². The first-order valence-corrected chi connectivity index (χ1v) is 12.6. The predicted molar refractivity (Wildman–Crippen MR) is 138 cm³/mol. The molecule has 9 heteroatoms. The van der Waals surface area contributed by atoms with Crippen LogP contribution in [0.3, 0.4) is 0 Å². The molecule has 1 N–H and O–H groups in total. The van der Waals surface area contributed by atoms with Crippen LogP contribution in [0.5, 0.6) is 0 Å². The van der Waals surface area contributed by atoms with E-state index in [2.05, 4.69) is 78.7 Å². The van der Waals surface area contributed by atoms with Crippen LogP contribution in [-0.2, 0) is 21.7 Å². The number of aromatic amines is 1. The lowest BCUT2D eigenvalue weighted by atomic mass is 9.98. The highest BCUT2D eigenvalue weighted by Crippen LogP contribution is 2.31. The smallest absolute Gasteiger partial charge is 0.229 e. The summed E-state index contributed by atoms with van der Waals surface area (Å²) in [5.74, 6) is 1.13. The van der Waals surface area contributed by atoms with E-state index in [1.807, 2.05) is 29.8 Å². The van der Waals surface area contributed by atoms with E-state index in [1.165, 1.54) is 0 Å². The quantitative estimate of drug-likeness (QED) is 0.269. The Morgan fingerprint density at radius 2 is 1.61 bits per heavy atom. The van der Waals surface area contributed by atoms with Gasteiger partial charge in [-0.05, 0) is 60.7 Å². The summed E-state index contributed by atoms with van der Waals surface area (Å²) in [7, 11) is 0. The maximum atomic E-state index is 6.09. The first-order chi connectivity index (χ1) is 17.4. The number of rotatable bonds is 12. The molecule has 4 aromatic rings. The molecule has 0 aliphatic rings. The van der Waals surface area contributed by atoms with Gasteiger partial charge in [-0.3, -0.25) is 0 Å². The van der Waals surface area contributed by atoms with E-state index in [0.717, 1.165) is 40.9 Å². The Bertz CT molecular complexity index is 1230. The fraction of sp³-hybridized carbons (Fsp3) is 0.444. The van der Waals surface area contributed by atoms with Crippen molar-refractivity contribution in [2.45, 2.75) is 65.7 Å². The zero-order valence-electron chi connectivity index (χ0n) is 21.7. The van der Waals surface area contributed by atoms with E-state index in [4.69, 9.17) is 19.6 Å². The van der Waals surface area contributed by atoms with Gasteiger partial charge in [-0.2, -0.15) is 0 Å². The molecule has 0 radical (unpaired) electrons. The maximum absolute atomic E-state index is 6.09. The number of benzene rings is 2. The van der Waals surface area contributed by atoms with E-state index in [-0.39, 0.29) is 6.04 Å². The van der Waals surface area contributed by atoms with Crippen LogP contribution in [0.2, 0.25) is 0 Å². The van der Waals surface area contributed by atoms with E-state index >= 15 is 0 Å². The van der Waals surface area contributed by atoms with Gasteiger partial charge in [0.25, 0.3) is 0 Å². The first-order valence-electron chi connectivity index (χ1n) is 12.6. The molecule has 0 saturated carbocycles. The van der Waals surface area contributed by atoms with Crippen LogP contribution < -0.4 is 0 Å². The third-order valence-electron chi connectivity index (χ3n) is 5.92. The molecule has 2 heterocycles. The summed E-state index contributed by atoms with van der Waals surface area (Å²) in [6.45, 7) is 11.5. The topological polar surface area (TPSA) is 104 Å². The van der Waals surface area contributed by atoms with Crippen LogP contribution in [0.25, 0.3) is 22.5 Å². The molecule has 0 spiro atoms. The van der Waals surface area contributed by atoms with Crippen LogP contribution in [-0.4, -0.2) is 48.6 Å². The highest BCUT2D eigenvalue weighted by Gasteiger charge is 2.34. The zero-order valence-corrected chi connectivity index (χ0v) is 21.7. The molecular weight excluding hydrogens is 454 g/mol. The fourth-order valence-electron chi connectivity index (χ4n) is 4.05. The second-order valence-corrected chi connectivity index (χ2v) is 9.20. The number of ether oxygens (including phenoxy) is 2. The van der Waals surface area contributed by atoms with Crippen molar-refractivity contribution < 1.29 is 9.47 Å². The van der Waals surface area contributed by atoms with Crippen LogP contribution in [0, 0.1) is 0 Å². The Kier molecular flexibility index (Phi) is 8.22. The molecule has 2 aromatic heterocycles. The summed E-state index contributed by atoms with van der Waals surface area (Å²) in [6.07, 6.45) is 2.44. The number of tetrazole rings is 1. The lowest BCUT2D eigenvalue weighted by Gasteiger charge is -2.27. The summed E-state index contributed by atoms with van der Waals surface area (Å²) < 4.78 is 14.2. The number of H-pyrrole nitrogens is 1. The van der Waals surface area contributed by atoms with Gasteiger partial charge in [-0.1, -0.05) is 62.4 Å². The minimum atomic E-state index is -0.968. The average Bonchev–Trinajstić information content (AvgIpc) is 3.58. The molecular formula is C27H35N7O2. The van der Waals surface area contributed by atoms with Crippen molar-refractivity contribution in [3.63, 3.8) is 0 Å². The lowest BCUT2D eigenvalue weighted by Crippen LogP contribution is -2.32. The van der Waals surface area contributed by atoms with Crippen molar-refractivity contribution in [2.24, 2.45) is 0 Å². The van der Waals surface area contributed by atoms with Crippen LogP contribution in [0.15, 0.2) is 48.5 Å². The maximum Gasteiger partial charge on any atom is 0.229 e. The molecule has 0 unspecified atom stereocenters. The zero-order chi connectivity index (χ0) is 25.5. The second kappa shape index (κ2) is 11.5. The molecule has 36 heavy (non-hydrogen) atoms. The number of hydrogen-bond donors (Lipinski definition) is 1. The largest absolute Gasteiger partial charge is 0.344 e. The van der Waals surface area contributed by atoms with Gasteiger partial charge in [-0.25, -0.2) is 14.8 Å². The average molecular weight is 490 g/mol. The molecule has 190 valence electrons. The van der Waals surface area contributed by atoms with E-state index in [0.29, 0.717) is 31.3 Å². The molecule has 4 rings (SSSR count). The van der Waals surface area contributed by atoms with Crippen molar-refractivity contribution in [2.75, 3.05) is 13.2 Å². The van der Waals surface area contributed by atoms with Gasteiger partial charge in [0.05, 0.1) is 13.2 Å². The second-order valence-electron chi connectivity index (χ2n) is 9.20. The monoisotopic (exact) mass is 489 g/mol. The molecule has 0 fully saturated rings. The molecule has 0 saturated heterocycles. The van der Waals surface area contributed by atoms with Gasteiger partial charge in [0.1, 0.15) is 5.82 Å². The number of hydrogen-bond acceptors (Lipinski definition) is 7. The summed E-state index contributed by atoms with van der Waals surface area (Å²) in [4.78, 5) is 4.91. The summed E-state index contributed by atoms with van der Waals surface area (Å²) >= 11 is 0. The van der Waals surface area contributed by atoms with E-state index < -0.39 is 5.79 Å². The van der Waals surface area contributed by atoms with Crippen LogP contribution >= 0.6 is 0 Å². The Balaban J connectivity index is 1.60. The minimum Gasteiger partial charge on any atom is -0.344 e. The Hall–Kier alpha value is -3.43. The van der Waals surface area contributed by atoms with Crippen molar-refractivity contribution >= 4 is 0 Å². The molecule has 0 amide bonds. The Morgan fingerprint density at radius 3 is 2.19 bits per heavy atom. The van der Waals surface area contributed by atoms with Crippen molar-refractivity contribution in [3.8, 4) is 22.5 Å². The molecule has 2 aromatic carbocycles. The first kappa shape index (κ1) is 25.7. The predicted octanol–water partition coefficient (Wildman–Crippen LogP) is 5.32. The van der Waals surface area contributed by atoms with Crippen molar-refractivity contribution in [3.05, 3.63) is 65.7 Å². The minimum absolute atomic E-state index is 0.157. The lowest BCUT2D eigenvalue weighted by molar-refractivity contribution is -0.239. The van der Waals surface area contributed by atoms with Crippen LogP contribution in [0.1, 0.15) is 70.7 Å². The van der Waals surface area contributed by atoms with Crippen molar-refractivity contribution in [1.29, 1.82) is 0 Å². The van der Waals surface area contributed by atoms with Gasteiger partial charge < -0.3 is 9.47 Å². The highest BCUT2D eigenvalue weighted by atomic mass is 16.7. The third-order valence-corrected chi connectivity index (χ3v) is 5.92. The van der Waals surface area contributed by atoms with Gasteiger partial charge in [0.2, 0.25) is 11.6 Å². The SMILES string of the molecule is CCCOC(C)(OCCC)c1nc(Cc2ccc(-c3ccccc3-c3nnn[nH]3)cc2)n(C(C)C)n1. The van der Waals surface area contributed by atoms with Crippen molar-refractivity contribution in [1.82, 2.24) is 35.4 Å². The summed E-state index contributed by atoms with van der Waals surface area (Å²) in [5.41, 5.74) is 4.25. The van der Waals surface area contributed by atoms with E-state index in [1.54, 1.807) is 0 Å². The normalized spacial score (nSPS) is 11.9. The molecule has 9 nitrogen and oxygen atoms in total. The molecule has 0 bridgehead atoms. The number of aromatic nitrogens is 7. The summed E-state index contributed by atoms with van der Waals surface area (Å²) in [6, 6.07) is 16.7. The number of nitrogens with zero attached hydrogens (tertiary/aromatic N) is 6. The van der Waals surface area contributed by atoms with Crippen LogP contribution in [0.4, 0.5) is 0 Å². The Labute approximate surface area is 212 Å². The van der Waals surface area contributed by atoms with E-state index in [9.17, 15) is 0 Å². The fourth-order valence-corrected chi connectivity index (χ4v) is 4.05. The van der Waals surface area contributed by atoms with Gasteiger partial charge >= 0.3 is 0 Å². The molecule has 0 aliphatic carbocycles. The molecule has 0 atom stereocenters. The standard InChI is InChI=1S/C27H35N7O2/c1-6-16-35-27(5,36-17-7-2)26-28-24(34(31-26)19(3)4)18-20-12-14-21(15-13-20)22-10-8-9-11-23(22)25-29-32-33-30-25/h8-15,19H,6-7,16-18H2,1-5H3,(H,29,30,32,33).